The minimum atomic E-state index is -0.512. The number of benzene rings is 1. The number of nitrogens with two attached hydrogens (primary N) is 1. The van der Waals surface area contributed by atoms with Gasteiger partial charge in [-0.3, -0.25) is 0 Å². The Morgan fingerprint density at radius 2 is 1.88 bits per heavy atom. The van der Waals surface area contributed by atoms with Crippen molar-refractivity contribution in [2.24, 2.45) is 5.73 Å². The third kappa shape index (κ3) is 2.23. The smallest absolute Gasteiger partial charge is 0.312 e. The van der Waals surface area contributed by atoms with Crippen molar-refractivity contribution in [3.05, 3.63) is 54.4 Å². The molecule has 0 aliphatic heterocycles. The molecule has 1 aromatic heterocycles. The van der Waals surface area contributed by atoms with Gasteiger partial charge in [-0.2, -0.15) is 0 Å². The molecule has 2 rings (SSSR count). The maximum atomic E-state index is 10.7. The molecule has 0 atom stereocenters. The summed E-state index contributed by atoms with van der Waals surface area (Å²) in [5.41, 5.74) is 7.12. The van der Waals surface area contributed by atoms with E-state index in [9.17, 15) is 4.79 Å². The number of carbonyl (C=O) groups excluding carboxylic acids is 1. The maximum absolute atomic E-state index is 10.7. The summed E-state index contributed by atoms with van der Waals surface area (Å²) in [5.74, 6) is 0. The van der Waals surface area contributed by atoms with Gasteiger partial charge in [-0.25, -0.2) is 4.79 Å². The van der Waals surface area contributed by atoms with Gasteiger partial charge < -0.3 is 15.6 Å². The fourth-order valence-electron chi connectivity index (χ4n) is 1.59. The van der Waals surface area contributed by atoms with Gasteiger partial charge in [-0.05, 0) is 23.8 Å². The summed E-state index contributed by atoms with van der Waals surface area (Å²) < 4.78 is 2.00. The molecule has 1 heterocycles. The number of carbonyl (C=O) groups is 1. The number of nitrogens with zero attached hydrogens (tertiary/aromatic N) is 1. The average Bonchev–Trinajstić information content (AvgIpc) is 2.80. The molecule has 0 spiro atoms. The van der Waals surface area contributed by atoms with Gasteiger partial charge >= 0.3 is 6.03 Å². The first-order valence-electron chi connectivity index (χ1n) is 5.02. The Kier molecular flexibility index (Phi) is 2.91. The molecule has 2 aromatic rings. The second-order valence-electron chi connectivity index (χ2n) is 3.44. The molecule has 2 amide bonds. The van der Waals surface area contributed by atoms with E-state index >= 15 is 0 Å². The van der Waals surface area contributed by atoms with E-state index in [1.807, 2.05) is 53.4 Å². The zero-order valence-corrected chi connectivity index (χ0v) is 8.76. The van der Waals surface area contributed by atoms with Crippen molar-refractivity contribution in [3.63, 3.8) is 0 Å². The molecule has 0 aliphatic rings. The third-order valence-corrected chi connectivity index (χ3v) is 2.33. The van der Waals surface area contributed by atoms with Gasteiger partial charge in [0.1, 0.15) is 0 Å². The largest absolute Gasteiger partial charge is 0.352 e. The van der Waals surface area contributed by atoms with E-state index in [1.54, 1.807) is 0 Å². The minimum Gasteiger partial charge on any atom is -0.352 e. The Bertz CT molecular complexity index is 477. The van der Waals surface area contributed by atoms with Crippen LogP contribution in [0.2, 0.25) is 0 Å². The molecule has 0 saturated heterocycles. The van der Waals surface area contributed by atoms with E-state index < -0.39 is 6.03 Å². The monoisotopic (exact) mass is 215 g/mol. The van der Waals surface area contributed by atoms with Crippen molar-refractivity contribution in [2.45, 2.75) is 6.54 Å². The van der Waals surface area contributed by atoms with Gasteiger partial charge in [-0.15, -0.1) is 0 Å². The van der Waals surface area contributed by atoms with Crippen LogP contribution < -0.4 is 11.1 Å². The van der Waals surface area contributed by atoms with Gasteiger partial charge in [0, 0.05) is 24.6 Å². The molecule has 0 unspecified atom stereocenters. The van der Waals surface area contributed by atoms with Crippen LogP contribution in [-0.2, 0) is 6.54 Å². The highest BCUT2D eigenvalue weighted by Crippen LogP contribution is 2.14. The van der Waals surface area contributed by atoms with Crippen molar-refractivity contribution >= 4 is 6.03 Å². The lowest BCUT2D eigenvalue weighted by Gasteiger charge is -2.10. The number of hydrogen-bond donors (Lipinski definition) is 2. The first-order chi connectivity index (χ1) is 7.77. The number of aromatic nitrogens is 1. The number of hydrogen-bond acceptors (Lipinski definition) is 1. The summed E-state index contributed by atoms with van der Waals surface area (Å²) in [7, 11) is 0. The lowest BCUT2D eigenvalue weighted by atomic mass is 10.1. The second kappa shape index (κ2) is 4.53. The first kappa shape index (κ1) is 10.3. The summed E-state index contributed by atoms with van der Waals surface area (Å²) in [4.78, 5) is 10.7. The van der Waals surface area contributed by atoms with Crippen LogP contribution in [-0.4, -0.2) is 10.6 Å². The van der Waals surface area contributed by atoms with Crippen LogP contribution in [0.15, 0.2) is 48.8 Å². The number of urea groups is 1. The number of primary amides is 1. The molecular formula is C12H13N3O. The van der Waals surface area contributed by atoms with Gasteiger partial charge in [0.2, 0.25) is 0 Å². The molecule has 4 nitrogen and oxygen atoms in total. The quantitative estimate of drug-likeness (QED) is 0.803. The maximum Gasteiger partial charge on any atom is 0.312 e. The van der Waals surface area contributed by atoms with Crippen LogP contribution in [0.1, 0.15) is 5.56 Å². The number of amides is 2. The van der Waals surface area contributed by atoms with Gasteiger partial charge in [-0.1, -0.05) is 18.2 Å². The highest BCUT2D eigenvalue weighted by atomic mass is 16.2. The third-order valence-electron chi connectivity index (χ3n) is 2.33. The highest BCUT2D eigenvalue weighted by Gasteiger charge is 2.03. The van der Waals surface area contributed by atoms with Crippen LogP contribution in [0.25, 0.3) is 5.69 Å². The predicted octanol–water partition coefficient (Wildman–Crippen LogP) is 1.65. The standard InChI is InChI=1S/C12H13N3O/c13-12(16)14-9-10-5-1-2-6-11(10)15-7-3-4-8-15/h1-8H,9H2,(H3,13,14,16). The van der Waals surface area contributed by atoms with E-state index in [4.69, 9.17) is 5.73 Å². The number of rotatable bonds is 3. The van der Waals surface area contributed by atoms with E-state index in [2.05, 4.69) is 5.32 Å². The predicted molar refractivity (Wildman–Crippen MR) is 62.2 cm³/mol. The molecule has 3 N–H and O–H groups in total. The van der Waals surface area contributed by atoms with Crippen molar-refractivity contribution in [2.75, 3.05) is 0 Å². The summed E-state index contributed by atoms with van der Waals surface area (Å²) in [6.07, 6.45) is 3.92. The Balaban J connectivity index is 2.27. The summed E-state index contributed by atoms with van der Waals surface area (Å²) in [5, 5.41) is 2.59. The first-order valence-corrected chi connectivity index (χ1v) is 5.02. The van der Waals surface area contributed by atoms with Crippen molar-refractivity contribution in [1.29, 1.82) is 0 Å². The van der Waals surface area contributed by atoms with E-state index in [-0.39, 0.29) is 0 Å². The van der Waals surface area contributed by atoms with Gasteiger partial charge in [0.15, 0.2) is 0 Å². The van der Waals surface area contributed by atoms with E-state index in [1.165, 1.54) is 0 Å². The normalized spacial score (nSPS) is 10.0. The van der Waals surface area contributed by atoms with Crippen LogP contribution >= 0.6 is 0 Å². The molecule has 4 heteroatoms. The topological polar surface area (TPSA) is 60.1 Å². The van der Waals surface area contributed by atoms with Crippen LogP contribution in [0.5, 0.6) is 0 Å². The van der Waals surface area contributed by atoms with Crippen LogP contribution in [0.3, 0.4) is 0 Å². The molecule has 0 radical (unpaired) electrons. The van der Waals surface area contributed by atoms with Crippen LogP contribution in [0, 0.1) is 0 Å². The zero-order valence-electron chi connectivity index (χ0n) is 8.76. The summed E-state index contributed by atoms with van der Waals surface area (Å²) in [6, 6.07) is 11.3. The minimum absolute atomic E-state index is 0.434. The lowest BCUT2D eigenvalue weighted by molar-refractivity contribution is 0.248. The second-order valence-corrected chi connectivity index (χ2v) is 3.44. The van der Waals surface area contributed by atoms with Crippen LogP contribution in [0.4, 0.5) is 4.79 Å². The molecule has 82 valence electrons. The van der Waals surface area contributed by atoms with Crippen molar-refractivity contribution in [1.82, 2.24) is 9.88 Å². The van der Waals surface area contributed by atoms with E-state index in [0.717, 1.165) is 11.3 Å². The van der Waals surface area contributed by atoms with Gasteiger partial charge in [0.25, 0.3) is 0 Å². The Morgan fingerprint density at radius 1 is 1.19 bits per heavy atom. The highest BCUT2D eigenvalue weighted by molar-refractivity contribution is 5.71. The molecule has 0 aliphatic carbocycles. The molecule has 0 fully saturated rings. The molecule has 16 heavy (non-hydrogen) atoms. The molecule has 0 bridgehead atoms. The number of nitrogens with one attached hydrogen (secondary N) is 1. The fourth-order valence-corrected chi connectivity index (χ4v) is 1.59. The average molecular weight is 215 g/mol. The van der Waals surface area contributed by atoms with Gasteiger partial charge in [0.05, 0.1) is 0 Å². The lowest BCUT2D eigenvalue weighted by Crippen LogP contribution is -2.29. The van der Waals surface area contributed by atoms with Crippen molar-refractivity contribution < 1.29 is 4.79 Å². The Morgan fingerprint density at radius 3 is 2.56 bits per heavy atom. The molecule has 1 aromatic carbocycles. The SMILES string of the molecule is NC(=O)NCc1ccccc1-n1cccc1. The Labute approximate surface area is 93.7 Å². The molecule has 0 saturated carbocycles. The molecular weight excluding hydrogens is 202 g/mol. The van der Waals surface area contributed by atoms with E-state index in [0.29, 0.717) is 6.54 Å². The number of para-hydroxylation sites is 1. The fraction of sp³-hybridized carbons (Fsp3) is 0.0833. The zero-order chi connectivity index (χ0) is 11.4. The summed E-state index contributed by atoms with van der Waals surface area (Å²) >= 11 is 0. The Hall–Kier alpha value is -2.23. The summed E-state index contributed by atoms with van der Waals surface area (Å²) in [6.45, 7) is 0.434. The van der Waals surface area contributed by atoms with Crippen molar-refractivity contribution in [3.8, 4) is 5.69 Å².